The van der Waals surface area contributed by atoms with E-state index in [-0.39, 0.29) is 0 Å². The van der Waals surface area contributed by atoms with E-state index in [1.165, 1.54) is 31.9 Å². The van der Waals surface area contributed by atoms with Crippen molar-refractivity contribution < 1.29 is 0 Å². The summed E-state index contributed by atoms with van der Waals surface area (Å²) in [6.07, 6.45) is 9.13. The first kappa shape index (κ1) is 9.50. The molecule has 0 spiro atoms. The van der Waals surface area contributed by atoms with Gasteiger partial charge in [-0.1, -0.05) is 19.4 Å². The Kier molecular flexibility index (Phi) is 3.51. The Bertz CT molecular complexity index is 181. The van der Waals surface area contributed by atoms with Crippen molar-refractivity contribution >= 4 is 6.21 Å². The highest BCUT2D eigenvalue weighted by Crippen LogP contribution is 2.33. The van der Waals surface area contributed by atoms with Crippen LogP contribution in [0.1, 0.15) is 39.5 Å². The first-order valence-corrected chi connectivity index (χ1v) is 4.95. The molecule has 1 aliphatic rings. The molecule has 0 amide bonds. The third kappa shape index (κ3) is 2.47. The van der Waals surface area contributed by atoms with E-state index in [0.29, 0.717) is 0 Å². The van der Waals surface area contributed by atoms with Gasteiger partial charge in [-0.2, -0.15) is 0 Å². The summed E-state index contributed by atoms with van der Waals surface area (Å²) in [4.78, 5) is 0. The first-order chi connectivity index (χ1) is 5.76. The van der Waals surface area contributed by atoms with E-state index in [9.17, 15) is 0 Å². The number of hydrogen-bond donors (Lipinski definition) is 1. The minimum Gasteiger partial charge on any atom is -0.308 e. The molecule has 2 atom stereocenters. The van der Waals surface area contributed by atoms with Crippen molar-refractivity contribution in [3.63, 3.8) is 0 Å². The summed E-state index contributed by atoms with van der Waals surface area (Å²) in [5, 5.41) is 7.07. The van der Waals surface area contributed by atoms with Crippen molar-refractivity contribution in [2.45, 2.75) is 39.5 Å². The number of hydrogen-bond acceptors (Lipinski definition) is 1. The SMILES string of the molecule is CCC1CCC(C=C(C)C=N)C1. The van der Waals surface area contributed by atoms with Crippen LogP contribution in [0.4, 0.5) is 0 Å². The molecule has 1 N–H and O–H groups in total. The molecule has 0 bridgehead atoms. The van der Waals surface area contributed by atoms with Gasteiger partial charge in [0.25, 0.3) is 0 Å². The minimum absolute atomic E-state index is 0.761. The molecule has 68 valence electrons. The summed E-state index contributed by atoms with van der Waals surface area (Å²) in [5.41, 5.74) is 1.12. The zero-order chi connectivity index (χ0) is 8.97. The van der Waals surface area contributed by atoms with Crippen LogP contribution in [0.2, 0.25) is 0 Å². The Labute approximate surface area is 75.4 Å². The summed E-state index contributed by atoms with van der Waals surface area (Å²) in [5.74, 6) is 1.71. The highest BCUT2D eigenvalue weighted by Gasteiger charge is 2.21. The van der Waals surface area contributed by atoms with E-state index in [2.05, 4.69) is 13.0 Å². The average molecular weight is 165 g/mol. The zero-order valence-corrected chi connectivity index (χ0v) is 8.14. The fourth-order valence-corrected chi connectivity index (χ4v) is 2.06. The van der Waals surface area contributed by atoms with Crippen molar-refractivity contribution in [1.29, 1.82) is 5.41 Å². The van der Waals surface area contributed by atoms with Gasteiger partial charge in [-0.25, -0.2) is 0 Å². The highest BCUT2D eigenvalue weighted by molar-refractivity contribution is 5.74. The molecule has 0 aliphatic heterocycles. The molecular weight excluding hydrogens is 146 g/mol. The Morgan fingerprint density at radius 3 is 2.75 bits per heavy atom. The molecule has 0 aromatic heterocycles. The molecule has 0 aromatic carbocycles. The van der Waals surface area contributed by atoms with Crippen LogP contribution in [0, 0.1) is 17.2 Å². The van der Waals surface area contributed by atoms with Gasteiger partial charge in [0.2, 0.25) is 0 Å². The van der Waals surface area contributed by atoms with E-state index in [0.717, 1.165) is 17.4 Å². The van der Waals surface area contributed by atoms with Gasteiger partial charge in [-0.05, 0) is 43.6 Å². The van der Waals surface area contributed by atoms with Gasteiger partial charge in [-0.15, -0.1) is 0 Å². The van der Waals surface area contributed by atoms with Gasteiger partial charge in [0.05, 0.1) is 0 Å². The van der Waals surface area contributed by atoms with Crippen LogP contribution < -0.4 is 0 Å². The van der Waals surface area contributed by atoms with Crippen molar-refractivity contribution in [2.75, 3.05) is 0 Å². The maximum Gasteiger partial charge on any atom is 0.0203 e. The zero-order valence-electron chi connectivity index (χ0n) is 8.14. The second-order valence-electron chi connectivity index (χ2n) is 3.90. The van der Waals surface area contributed by atoms with Gasteiger partial charge >= 0.3 is 0 Å². The Morgan fingerprint density at radius 2 is 2.25 bits per heavy atom. The van der Waals surface area contributed by atoms with Gasteiger partial charge in [0.1, 0.15) is 0 Å². The first-order valence-electron chi connectivity index (χ1n) is 4.95. The topological polar surface area (TPSA) is 23.9 Å². The molecule has 1 nitrogen and oxygen atoms in total. The third-order valence-corrected chi connectivity index (χ3v) is 2.89. The van der Waals surface area contributed by atoms with E-state index in [1.807, 2.05) is 6.92 Å². The van der Waals surface area contributed by atoms with Crippen LogP contribution in [0.3, 0.4) is 0 Å². The second-order valence-corrected chi connectivity index (χ2v) is 3.90. The lowest BCUT2D eigenvalue weighted by molar-refractivity contribution is 0.515. The van der Waals surface area contributed by atoms with Gasteiger partial charge in [-0.3, -0.25) is 0 Å². The minimum atomic E-state index is 0.761. The summed E-state index contributed by atoms with van der Waals surface area (Å²) in [6, 6.07) is 0. The predicted octanol–water partition coefficient (Wildman–Crippen LogP) is 3.41. The molecule has 0 saturated heterocycles. The van der Waals surface area contributed by atoms with Crippen LogP contribution in [0.25, 0.3) is 0 Å². The average Bonchev–Trinajstić information content (AvgIpc) is 2.52. The van der Waals surface area contributed by atoms with Gasteiger partial charge in [0.15, 0.2) is 0 Å². The van der Waals surface area contributed by atoms with Crippen molar-refractivity contribution in [2.24, 2.45) is 11.8 Å². The molecule has 1 fully saturated rings. The fraction of sp³-hybridized carbons (Fsp3) is 0.727. The normalized spacial score (nSPS) is 30.7. The molecule has 1 saturated carbocycles. The fourth-order valence-electron chi connectivity index (χ4n) is 2.06. The number of allylic oxidation sites excluding steroid dienone is 2. The smallest absolute Gasteiger partial charge is 0.0203 e. The molecule has 2 unspecified atom stereocenters. The largest absolute Gasteiger partial charge is 0.308 e. The summed E-state index contributed by atoms with van der Waals surface area (Å²) >= 11 is 0. The van der Waals surface area contributed by atoms with Crippen LogP contribution >= 0.6 is 0 Å². The molecule has 0 radical (unpaired) electrons. The van der Waals surface area contributed by atoms with Crippen LogP contribution in [-0.2, 0) is 0 Å². The molecular formula is C11H19N. The predicted molar refractivity (Wildman–Crippen MR) is 53.7 cm³/mol. The van der Waals surface area contributed by atoms with Crippen LogP contribution in [0.15, 0.2) is 11.6 Å². The molecule has 1 heteroatoms. The Hall–Kier alpha value is -0.590. The third-order valence-electron chi connectivity index (χ3n) is 2.89. The summed E-state index contributed by atoms with van der Waals surface area (Å²) in [6.45, 7) is 4.30. The molecule has 0 heterocycles. The maximum atomic E-state index is 7.07. The lowest BCUT2D eigenvalue weighted by atomic mass is 10.0. The lowest BCUT2D eigenvalue weighted by Gasteiger charge is -2.05. The second kappa shape index (κ2) is 4.44. The van der Waals surface area contributed by atoms with Crippen molar-refractivity contribution in [3.8, 4) is 0 Å². The molecule has 12 heavy (non-hydrogen) atoms. The van der Waals surface area contributed by atoms with Gasteiger partial charge in [0, 0.05) is 6.21 Å². The molecule has 1 aliphatic carbocycles. The quantitative estimate of drug-likeness (QED) is 0.620. The van der Waals surface area contributed by atoms with Crippen molar-refractivity contribution in [1.82, 2.24) is 0 Å². The Morgan fingerprint density at radius 1 is 1.50 bits per heavy atom. The van der Waals surface area contributed by atoms with E-state index < -0.39 is 0 Å². The molecule has 0 aromatic rings. The highest BCUT2D eigenvalue weighted by atomic mass is 14.3. The van der Waals surface area contributed by atoms with Gasteiger partial charge < -0.3 is 5.41 Å². The summed E-state index contributed by atoms with van der Waals surface area (Å²) < 4.78 is 0. The Balaban J connectivity index is 2.42. The standard InChI is InChI=1S/C11H19N/c1-3-10-4-5-11(7-10)6-9(2)8-12/h6,8,10-12H,3-5,7H2,1-2H3. The molecule has 1 rings (SSSR count). The van der Waals surface area contributed by atoms with E-state index in [1.54, 1.807) is 0 Å². The lowest BCUT2D eigenvalue weighted by Crippen LogP contribution is -1.93. The maximum absolute atomic E-state index is 7.07. The number of rotatable bonds is 3. The van der Waals surface area contributed by atoms with E-state index >= 15 is 0 Å². The number of nitrogens with one attached hydrogen (secondary N) is 1. The van der Waals surface area contributed by atoms with E-state index in [4.69, 9.17) is 5.41 Å². The van der Waals surface area contributed by atoms with Crippen molar-refractivity contribution in [3.05, 3.63) is 11.6 Å². The van der Waals surface area contributed by atoms with Crippen LogP contribution in [-0.4, -0.2) is 6.21 Å². The summed E-state index contributed by atoms with van der Waals surface area (Å²) in [7, 11) is 0. The monoisotopic (exact) mass is 165 g/mol. The van der Waals surface area contributed by atoms with Crippen LogP contribution in [0.5, 0.6) is 0 Å².